The van der Waals surface area contributed by atoms with Crippen molar-refractivity contribution >= 4 is 11.8 Å². The van der Waals surface area contributed by atoms with Crippen LogP contribution >= 0.6 is 11.8 Å². The number of rotatable bonds is 5. The summed E-state index contributed by atoms with van der Waals surface area (Å²) >= 11 is 1.50. The third kappa shape index (κ3) is 4.07. The Morgan fingerprint density at radius 2 is 2.16 bits per heavy atom. The molecule has 2 rings (SSSR count). The summed E-state index contributed by atoms with van der Waals surface area (Å²) in [6.07, 6.45) is 0.463. The van der Waals surface area contributed by atoms with Gasteiger partial charge >= 0.3 is 0 Å². The molecule has 0 amide bonds. The van der Waals surface area contributed by atoms with E-state index in [2.05, 4.69) is 16.2 Å². The zero-order valence-corrected chi connectivity index (χ0v) is 11.2. The second-order valence-corrected chi connectivity index (χ2v) is 5.13. The highest BCUT2D eigenvalue weighted by molar-refractivity contribution is 7.98. The van der Waals surface area contributed by atoms with Crippen LogP contribution < -0.4 is 0 Å². The van der Waals surface area contributed by atoms with Gasteiger partial charge in [0.15, 0.2) is 5.82 Å². The summed E-state index contributed by atoms with van der Waals surface area (Å²) in [5, 5.41) is 12.5. The minimum Gasteiger partial charge on any atom is -0.339 e. The zero-order valence-electron chi connectivity index (χ0n) is 10.3. The Morgan fingerprint density at radius 1 is 1.42 bits per heavy atom. The standard InChI is InChI=1S/C13H12FN3OS/c1-9(7-15)6-13-16-12(17-18-13)8-19-11-4-2-10(14)3-5-11/h2-5,9H,6,8H2,1H3. The fourth-order valence-electron chi connectivity index (χ4n) is 1.42. The van der Waals surface area contributed by atoms with Crippen LogP contribution in [0.15, 0.2) is 33.7 Å². The van der Waals surface area contributed by atoms with E-state index in [1.165, 1.54) is 23.9 Å². The molecule has 6 heteroatoms. The number of benzene rings is 1. The van der Waals surface area contributed by atoms with Gasteiger partial charge in [0.05, 0.1) is 17.7 Å². The first kappa shape index (κ1) is 13.6. The lowest BCUT2D eigenvalue weighted by molar-refractivity contribution is 0.366. The number of hydrogen-bond acceptors (Lipinski definition) is 5. The van der Waals surface area contributed by atoms with Crippen molar-refractivity contribution in [2.24, 2.45) is 5.92 Å². The lowest BCUT2D eigenvalue weighted by Gasteiger charge is -1.97. The van der Waals surface area contributed by atoms with Gasteiger partial charge in [0, 0.05) is 11.3 Å². The predicted molar refractivity (Wildman–Crippen MR) is 68.7 cm³/mol. The number of nitriles is 1. The van der Waals surface area contributed by atoms with E-state index in [1.54, 1.807) is 19.1 Å². The third-order valence-electron chi connectivity index (χ3n) is 2.39. The van der Waals surface area contributed by atoms with Crippen LogP contribution in [0.5, 0.6) is 0 Å². The average Bonchev–Trinajstić information content (AvgIpc) is 2.85. The summed E-state index contributed by atoms with van der Waals surface area (Å²) in [5.41, 5.74) is 0. The molecule has 4 nitrogen and oxygen atoms in total. The van der Waals surface area contributed by atoms with E-state index in [9.17, 15) is 4.39 Å². The highest BCUT2D eigenvalue weighted by atomic mass is 32.2. The lowest BCUT2D eigenvalue weighted by Crippen LogP contribution is -1.96. The van der Waals surface area contributed by atoms with E-state index >= 15 is 0 Å². The maximum Gasteiger partial charge on any atom is 0.227 e. The summed E-state index contributed by atoms with van der Waals surface area (Å²) in [6.45, 7) is 1.80. The van der Waals surface area contributed by atoms with E-state index in [0.29, 0.717) is 23.9 Å². The van der Waals surface area contributed by atoms with E-state index in [1.807, 2.05) is 0 Å². The molecule has 1 aromatic heterocycles. The molecule has 0 saturated carbocycles. The molecule has 0 saturated heterocycles. The van der Waals surface area contributed by atoms with Gasteiger partial charge in [-0.25, -0.2) is 4.39 Å². The van der Waals surface area contributed by atoms with Gasteiger partial charge in [0.25, 0.3) is 0 Å². The second kappa shape index (κ2) is 6.34. The van der Waals surface area contributed by atoms with Crippen LogP contribution in [0, 0.1) is 23.1 Å². The smallest absolute Gasteiger partial charge is 0.227 e. The molecule has 0 aliphatic rings. The van der Waals surface area contributed by atoms with Crippen molar-refractivity contribution in [3.63, 3.8) is 0 Å². The third-order valence-corrected chi connectivity index (χ3v) is 3.40. The van der Waals surface area contributed by atoms with Crippen molar-refractivity contribution in [3.05, 3.63) is 41.8 Å². The molecule has 2 aromatic rings. The molecule has 0 radical (unpaired) electrons. The maximum atomic E-state index is 12.7. The molecular weight excluding hydrogens is 265 g/mol. The normalized spacial score (nSPS) is 12.1. The van der Waals surface area contributed by atoms with Crippen molar-refractivity contribution in [3.8, 4) is 6.07 Å². The monoisotopic (exact) mass is 277 g/mol. The molecular formula is C13H12FN3OS. The van der Waals surface area contributed by atoms with Gasteiger partial charge < -0.3 is 4.52 Å². The van der Waals surface area contributed by atoms with Crippen molar-refractivity contribution in [2.45, 2.75) is 24.0 Å². The van der Waals surface area contributed by atoms with Crippen molar-refractivity contribution < 1.29 is 8.91 Å². The Bertz CT molecular complexity index is 576. The minimum atomic E-state index is -0.253. The van der Waals surface area contributed by atoms with Crippen LogP contribution in [-0.4, -0.2) is 10.1 Å². The van der Waals surface area contributed by atoms with Crippen LogP contribution in [0.1, 0.15) is 18.6 Å². The van der Waals surface area contributed by atoms with Gasteiger partial charge in [-0.3, -0.25) is 0 Å². The quantitative estimate of drug-likeness (QED) is 0.785. The number of hydrogen-bond donors (Lipinski definition) is 0. The van der Waals surface area contributed by atoms with Crippen LogP contribution in [0.25, 0.3) is 0 Å². The fourth-order valence-corrected chi connectivity index (χ4v) is 2.16. The van der Waals surface area contributed by atoms with Crippen molar-refractivity contribution in [2.75, 3.05) is 0 Å². The van der Waals surface area contributed by atoms with Crippen LogP contribution in [0.4, 0.5) is 4.39 Å². The molecule has 1 aromatic carbocycles. The first-order chi connectivity index (χ1) is 9.17. The lowest BCUT2D eigenvalue weighted by atomic mass is 10.1. The Balaban J connectivity index is 1.90. The highest BCUT2D eigenvalue weighted by Crippen LogP contribution is 2.21. The van der Waals surface area contributed by atoms with Crippen LogP contribution in [0.3, 0.4) is 0 Å². The molecule has 19 heavy (non-hydrogen) atoms. The predicted octanol–water partition coefficient (Wildman–Crippen LogP) is 3.20. The summed E-state index contributed by atoms with van der Waals surface area (Å²) < 4.78 is 17.8. The molecule has 0 fully saturated rings. The number of halogens is 1. The summed E-state index contributed by atoms with van der Waals surface area (Å²) in [7, 11) is 0. The van der Waals surface area contributed by atoms with Gasteiger partial charge in [0.1, 0.15) is 5.82 Å². The minimum absolute atomic E-state index is 0.141. The molecule has 0 aliphatic heterocycles. The van der Waals surface area contributed by atoms with E-state index in [-0.39, 0.29) is 11.7 Å². The molecule has 0 aliphatic carbocycles. The Morgan fingerprint density at radius 3 is 2.84 bits per heavy atom. The van der Waals surface area contributed by atoms with E-state index < -0.39 is 0 Å². The highest BCUT2D eigenvalue weighted by Gasteiger charge is 2.10. The van der Waals surface area contributed by atoms with Gasteiger partial charge in [0.2, 0.25) is 5.89 Å². The summed E-state index contributed by atoms with van der Waals surface area (Å²) in [6, 6.07) is 8.36. The van der Waals surface area contributed by atoms with Crippen LogP contribution in [0.2, 0.25) is 0 Å². The first-order valence-corrected chi connectivity index (χ1v) is 6.75. The molecule has 0 spiro atoms. The number of nitrogens with zero attached hydrogens (tertiary/aromatic N) is 3. The Kier molecular flexibility index (Phi) is 4.53. The Labute approximate surface area is 114 Å². The largest absolute Gasteiger partial charge is 0.339 e. The van der Waals surface area contributed by atoms with Gasteiger partial charge in [-0.2, -0.15) is 10.2 Å². The second-order valence-electron chi connectivity index (χ2n) is 4.08. The Hall–Kier alpha value is -1.87. The van der Waals surface area contributed by atoms with Crippen molar-refractivity contribution in [1.29, 1.82) is 5.26 Å². The van der Waals surface area contributed by atoms with Gasteiger partial charge in [-0.15, -0.1) is 11.8 Å². The summed E-state index contributed by atoms with van der Waals surface area (Å²) in [4.78, 5) is 5.15. The van der Waals surface area contributed by atoms with Gasteiger partial charge in [-0.05, 0) is 31.2 Å². The molecule has 0 bridgehead atoms. The molecule has 1 atom stereocenters. The first-order valence-electron chi connectivity index (χ1n) is 5.77. The SMILES string of the molecule is CC(C#N)Cc1nc(CSc2ccc(F)cc2)no1. The summed E-state index contributed by atoms with van der Waals surface area (Å²) in [5.74, 6) is 1.21. The fraction of sp³-hybridized carbons (Fsp3) is 0.308. The molecule has 1 heterocycles. The molecule has 1 unspecified atom stereocenters. The number of thioether (sulfide) groups is 1. The molecule has 0 N–H and O–H groups in total. The average molecular weight is 277 g/mol. The maximum absolute atomic E-state index is 12.7. The van der Waals surface area contributed by atoms with Crippen LogP contribution in [-0.2, 0) is 12.2 Å². The van der Waals surface area contributed by atoms with E-state index in [0.717, 1.165) is 4.90 Å². The molecule has 98 valence electrons. The zero-order chi connectivity index (χ0) is 13.7. The number of aromatic nitrogens is 2. The van der Waals surface area contributed by atoms with Gasteiger partial charge in [-0.1, -0.05) is 5.16 Å². The topological polar surface area (TPSA) is 62.7 Å². The van der Waals surface area contributed by atoms with Crippen molar-refractivity contribution in [1.82, 2.24) is 10.1 Å². The van der Waals surface area contributed by atoms with E-state index in [4.69, 9.17) is 9.78 Å².